The Balaban J connectivity index is 2.19. The van der Waals surface area contributed by atoms with Crippen LogP contribution < -0.4 is 0 Å². The Bertz CT molecular complexity index is 533. The predicted octanol–water partition coefficient (Wildman–Crippen LogP) is 0.709. The third-order valence-corrected chi connectivity index (χ3v) is 4.76. The van der Waals surface area contributed by atoms with E-state index in [-0.39, 0.29) is 23.1 Å². The lowest BCUT2D eigenvalue weighted by Gasteiger charge is -2.19. The lowest BCUT2D eigenvalue weighted by atomic mass is 10.0. The molecule has 0 bridgehead atoms. The van der Waals surface area contributed by atoms with E-state index in [0.717, 1.165) is 0 Å². The van der Waals surface area contributed by atoms with Gasteiger partial charge in [0.1, 0.15) is 15.7 Å². The number of aromatic carboxylic acids is 1. The third kappa shape index (κ3) is 2.49. The van der Waals surface area contributed by atoms with Gasteiger partial charge in [-0.25, -0.2) is 18.2 Å². The molecule has 0 atom stereocenters. The summed E-state index contributed by atoms with van der Waals surface area (Å²) in [6.45, 7) is 1.65. The second kappa shape index (κ2) is 4.14. The molecule has 0 aromatic carbocycles. The van der Waals surface area contributed by atoms with Crippen molar-refractivity contribution in [1.82, 2.24) is 9.97 Å². The van der Waals surface area contributed by atoms with E-state index in [1.807, 2.05) is 0 Å². The lowest BCUT2D eigenvalue weighted by molar-refractivity contribution is 0.0690. The minimum absolute atomic E-state index is 0.0188. The van der Waals surface area contributed by atoms with Crippen molar-refractivity contribution in [1.29, 1.82) is 0 Å². The number of aromatic nitrogens is 2. The molecule has 1 aliphatic heterocycles. The number of nitrogens with zero attached hydrogens (tertiary/aromatic N) is 1. The van der Waals surface area contributed by atoms with Crippen molar-refractivity contribution >= 4 is 15.8 Å². The number of hydrogen-bond acceptors (Lipinski definition) is 4. The molecule has 1 aliphatic rings. The van der Waals surface area contributed by atoms with Crippen LogP contribution in [0.15, 0.2) is 0 Å². The summed E-state index contributed by atoms with van der Waals surface area (Å²) in [5.74, 6) is -0.145. The molecule has 0 radical (unpaired) electrons. The van der Waals surface area contributed by atoms with Gasteiger partial charge in [-0.15, -0.1) is 0 Å². The number of carboxylic acid groups (broad SMARTS) is 1. The van der Waals surface area contributed by atoms with E-state index in [1.54, 1.807) is 6.92 Å². The second-order valence-corrected chi connectivity index (χ2v) is 6.63. The highest BCUT2D eigenvalue weighted by molar-refractivity contribution is 7.91. The molecular weight excluding hydrogens is 244 g/mol. The summed E-state index contributed by atoms with van der Waals surface area (Å²) in [4.78, 5) is 17.8. The van der Waals surface area contributed by atoms with Crippen molar-refractivity contribution < 1.29 is 18.3 Å². The molecule has 1 fully saturated rings. The first-order chi connectivity index (χ1) is 7.89. The topological polar surface area (TPSA) is 100 Å². The van der Waals surface area contributed by atoms with Gasteiger partial charge in [-0.2, -0.15) is 0 Å². The van der Waals surface area contributed by atoms with Gasteiger partial charge in [0.25, 0.3) is 0 Å². The van der Waals surface area contributed by atoms with Crippen LogP contribution in [0.1, 0.15) is 40.8 Å². The van der Waals surface area contributed by atoms with Crippen molar-refractivity contribution in [3.05, 3.63) is 17.2 Å². The van der Waals surface area contributed by atoms with Crippen molar-refractivity contribution in [2.45, 2.75) is 25.7 Å². The SMILES string of the molecule is Cc1[nH]c(C2CCS(=O)(=O)CC2)nc1C(=O)O. The van der Waals surface area contributed by atoms with Crippen molar-refractivity contribution in [2.24, 2.45) is 0 Å². The zero-order chi connectivity index (χ0) is 12.6. The molecular formula is C10H14N2O4S. The molecule has 0 aliphatic carbocycles. The van der Waals surface area contributed by atoms with Gasteiger partial charge in [-0.05, 0) is 19.8 Å². The lowest BCUT2D eigenvalue weighted by Crippen LogP contribution is -2.22. The molecule has 94 valence electrons. The summed E-state index contributed by atoms with van der Waals surface area (Å²) in [6.07, 6.45) is 1.02. The number of carboxylic acids is 1. The number of sulfone groups is 1. The van der Waals surface area contributed by atoms with Crippen LogP contribution in [0.5, 0.6) is 0 Å². The quantitative estimate of drug-likeness (QED) is 0.813. The van der Waals surface area contributed by atoms with Crippen LogP contribution >= 0.6 is 0 Å². The Morgan fingerprint density at radius 2 is 2.00 bits per heavy atom. The van der Waals surface area contributed by atoms with Gasteiger partial charge in [-0.3, -0.25) is 0 Å². The van der Waals surface area contributed by atoms with E-state index in [1.165, 1.54) is 0 Å². The average molecular weight is 258 g/mol. The maximum atomic E-state index is 11.3. The monoisotopic (exact) mass is 258 g/mol. The molecule has 1 aromatic rings. The number of aryl methyl sites for hydroxylation is 1. The summed E-state index contributed by atoms with van der Waals surface area (Å²) in [5, 5.41) is 8.88. The van der Waals surface area contributed by atoms with Crippen molar-refractivity contribution in [3.8, 4) is 0 Å². The van der Waals surface area contributed by atoms with Gasteiger partial charge >= 0.3 is 5.97 Å². The minimum Gasteiger partial charge on any atom is -0.476 e. The second-order valence-electron chi connectivity index (χ2n) is 4.33. The zero-order valence-corrected chi connectivity index (χ0v) is 10.2. The molecule has 0 spiro atoms. The Morgan fingerprint density at radius 1 is 1.41 bits per heavy atom. The van der Waals surface area contributed by atoms with Crippen LogP contribution in [0.25, 0.3) is 0 Å². The molecule has 1 saturated heterocycles. The number of aromatic amines is 1. The van der Waals surface area contributed by atoms with Crippen molar-refractivity contribution in [3.63, 3.8) is 0 Å². The Labute approximate surface area is 99.0 Å². The minimum atomic E-state index is -2.90. The molecule has 2 rings (SSSR count). The van der Waals surface area contributed by atoms with Gasteiger partial charge in [0, 0.05) is 11.6 Å². The highest BCUT2D eigenvalue weighted by atomic mass is 32.2. The molecule has 6 nitrogen and oxygen atoms in total. The fraction of sp³-hybridized carbons (Fsp3) is 0.600. The highest BCUT2D eigenvalue weighted by Gasteiger charge is 2.27. The average Bonchev–Trinajstić information content (AvgIpc) is 2.60. The van der Waals surface area contributed by atoms with Gasteiger partial charge in [0.15, 0.2) is 5.69 Å². The summed E-state index contributed by atoms with van der Waals surface area (Å²) in [7, 11) is -2.90. The van der Waals surface area contributed by atoms with E-state index in [9.17, 15) is 13.2 Å². The van der Waals surface area contributed by atoms with Gasteiger partial charge in [0.2, 0.25) is 0 Å². The fourth-order valence-electron chi connectivity index (χ4n) is 2.05. The molecule has 0 unspecified atom stereocenters. The first-order valence-corrected chi connectivity index (χ1v) is 7.21. The van der Waals surface area contributed by atoms with Crippen LogP contribution in [0, 0.1) is 6.92 Å². The Morgan fingerprint density at radius 3 is 2.47 bits per heavy atom. The van der Waals surface area contributed by atoms with Crippen LogP contribution in [-0.2, 0) is 9.84 Å². The maximum Gasteiger partial charge on any atom is 0.356 e. The first-order valence-electron chi connectivity index (χ1n) is 5.39. The number of H-pyrrole nitrogens is 1. The molecule has 0 amide bonds. The molecule has 2 N–H and O–H groups in total. The molecule has 2 heterocycles. The van der Waals surface area contributed by atoms with E-state index in [4.69, 9.17) is 5.11 Å². The van der Waals surface area contributed by atoms with E-state index in [2.05, 4.69) is 9.97 Å². The molecule has 1 aromatic heterocycles. The normalized spacial score (nSPS) is 20.3. The van der Waals surface area contributed by atoms with Crippen LogP contribution in [0.4, 0.5) is 0 Å². The number of imidazole rings is 1. The highest BCUT2D eigenvalue weighted by Crippen LogP contribution is 2.27. The number of nitrogens with one attached hydrogen (secondary N) is 1. The van der Waals surface area contributed by atoms with Gasteiger partial charge in [-0.1, -0.05) is 0 Å². The molecule has 0 saturated carbocycles. The Hall–Kier alpha value is -1.37. The van der Waals surface area contributed by atoms with Gasteiger partial charge < -0.3 is 10.1 Å². The maximum absolute atomic E-state index is 11.3. The number of hydrogen-bond donors (Lipinski definition) is 2. The smallest absolute Gasteiger partial charge is 0.356 e. The summed E-state index contributed by atoms with van der Waals surface area (Å²) in [6, 6.07) is 0. The van der Waals surface area contributed by atoms with Crippen molar-refractivity contribution in [2.75, 3.05) is 11.5 Å². The summed E-state index contributed by atoms with van der Waals surface area (Å²) < 4.78 is 22.6. The fourth-order valence-corrected chi connectivity index (χ4v) is 3.54. The van der Waals surface area contributed by atoms with Crippen LogP contribution in [0.2, 0.25) is 0 Å². The standard InChI is InChI=1S/C10H14N2O4S/c1-6-8(10(13)14)12-9(11-6)7-2-4-17(15,16)5-3-7/h7H,2-5H2,1H3,(H,11,12)(H,13,14). The van der Waals surface area contributed by atoms with Gasteiger partial charge in [0.05, 0.1) is 11.5 Å². The molecule has 7 heteroatoms. The third-order valence-electron chi connectivity index (χ3n) is 3.05. The predicted molar refractivity (Wildman–Crippen MR) is 60.9 cm³/mol. The summed E-state index contributed by atoms with van der Waals surface area (Å²) >= 11 is 0. The van der Waals surface area contributed by atoms with Crippen LogP contribution in [0.3, 0.4) is 0 Å². The summed E-state index contributed by atoms with van der Waals surface area (Å²) in [5.41, 5.74) is 0.536. The largest absolute Gasteiger partial charge is 0.476 e. The van der Waals surface area contributed by atoms with Crippen LogP contribution in [-0.4, -0.2) is 41.0 Å². The van der Waals surface area contributed by atoms with E-state index >= 15 is 0 Å². The first kappa shape index (κ1) is 12.1. The number of rotatable bonds is 2. The number of carbonyl (C=O) groups is 1. The Kier molecular flexibility index (Phi) is 2.94. The molecule has 17 heavy (non-hydrogen) atoms. The van der Waals surface area contributed by atoms with E-state index in [0.29, 0.717) is 24.4 Å². The van der Waals surface area contributed by atoms with E-state index < -0.39 is 15.8 Å². The zero-order valence-electron chi connectivity index (χ0n) is 9.43.